The lowest BCUT2D eigenvalue weighted by atomic mass is 10.0. The van der Waals surface area contributed by atoms with Gasteiger partial charge in [0.05, 0.1) is 7.11 Å². The van der Waals surface area contributed by atoms with Crippen molar-refractivity contribution in [3.63, 3.8) is 0 Å². The Balaban J connectivity index is 2.33. The molecule has 1 aliphatic rings. The molecule has 1 aromatic rings. The number of amides is 1. The zero-order valence-corrected chi connectivity index (χ0v) is 10.6. The summed E-state index contributed by atoms with van der Waals surface area (Å²) >= 11 is 0. The van der Waals surface area contributed by atoms with E-state index >= 15 is 0 Å². The monoisotopic (exact) mass is 252 g/mol. The molecule has 0 bridgehead atoms. The molecule has 0 radical (unpaired) electrons. The number of hydrogen-bond acceptors (Lipinski definition) is 5. The second kappa shape index (κ2) is 4.80. The summed E-state index contributed by atoms with van der Waals surface area (Å²) in [6, 6.07) is 0.196. The summed E-state index contributed by atoms with van der Waals surface area (Å²) in [5, 5.41) is 6.47. The van der Waals surface area contributed by atoms with Gasteiger partial charge in [-0.3, -0.25) is 4.79 Å². The van der Waals surface area contributed by atoms with E-state index < -0.39 is 5.97 Å². The minimum atomic E-state index is -0.596. The molecule has 6 heteroatoms. The molecule has 1 fully saturated rings. The van der Waals surface area contributed by atoms with Gasteiger partial charge in [0.2, 0.25) is 0 Å². The van der Waals surface area contributed by atoms with Crippen LogP contribution in [0.25, 0.3) is 0 Å². The highest BCUT2D eigenvalue weighted by atomic mass is 16.5. The molecule has 1 N–H and O–H groups in total. The van der Waals surface area contributed by atoms with E-state index in [1.807, 2.05) is 13.8 Å². The molecule has 1 aromatic heterocycles. The Labute approximate surface area is 105 Å². The van der Waals surface area contributed by atoms with Gasteiger partial charge in [0.25, 0.3) is 5.91 Å². The molecule has 1 heterocycles. The maximum atomic E-state index is 11.9. The van der Waals surface area contributed by atoms with E-state index in [2.05, 4.69) is 15.2 Å². The van der Waals surface area contributed by atoms with Crippen molar-refractivity contribution in [2.75, 3.05) is 7.11 Å². The van der Waals surface area contributed by atoms with E-state index in [1.165, 1.54) is 7.11 Å². The first-order valence-corrected chi connectivity index (χ1v) is 5.93. The van der Waals surface area contributed by atoms with E-state index in [0.717, 1.165) is 12.8 Å². The van der Waals surface area contributed by atoms with Crippen molar-refractivity contribution < 1.29 is 18.8 Å². The second-order valence-corrected chi connectivity index (χ2v) is 4.66. The maximum Gasteiger partial charge on any atom is 0.344 e. The summed E-state index contributed by atoms with van der Waals surface area (Å²) in [5.41, 5.74) is 0.142. The third kappa shape index (κ3) is 2.37. The number of aromatic nitrogens is 1. The fraction of sp³-hybridized carbons (Fsp3) is 0.583. The second-order valence-electron chi connectivity index (χ2n) is 4.66. The van der Waals surface area contributed by atoms with E-state index in [4.69, 9.17) is 4.52 Å². The Bertz CT molecular complexity index is 474. The average molecular weight is 252 g/mol. The molecule has 0 aromatic carbocycles. The Morgan fingerprint density at radius 3 is 2.61 bits per heavy atom. The zero-order valence-electron chi connectivity index (χ0n) is 10.6. The summed E-state index contributed by atoms with van der Waals surface area (Å²) in [6.07, 6.45) is 1.93. The maximum absolute atomic E-state index is 11.9. The first kappa shape index (κ1) is 12.6. The highest BCUT2D eigenvalue weighted by molar-refractivity contribution is 6.04. The predicted molar refractivity (Wildman–Crippen MR) is 62.4 cm³/mol. The molecule has 0 aliphatic heterocycles. The number of esters is 1. The van der Waals surface area contributed by atoms with E-state index in [1.54, 1.807) is 0 Å². The lowest BCUT2D eigenvalue weighted by Gasteiger charge is -2.04. The van der Waals surface area contributed by atoms with Crippen LogP contribution in [0.4, 0.5) is 0 Å². The Morgan fingerprint density at radius 2 is 2.11 bits per heavy atom. The lowest BCUT2D eigenvalue weighted by Crippen LogP contribution is -2.27. The molecule has 0 spiro atoms. The Kier molecular flexibility index (Phi) is 3.36. The Hall–Kier alpha value is -1.85. The molecule has 0 saturated heterocycles. The normalized spacial score (nSPS) is 14.7. The largest absolute Gasteiger partial charge is 0.465 e. The van der Waals surface area contributed by atoms with Crippen LogP contribution in [0.3, 0.4) is 0 Å². The van der Waals surface area contributed by atoms with Gasteiger partial charge < -0.3 is 14.6 Å². The molecule has 0 unspecified atom stereocenters. The van der Waals surface area contributed by atoms with Crippen molar-refractivity contribution in [2.45, 2.75) is 38.6 Å². The standard InChI is InChI=1S/C12H16N2O4/c1-6(2)10-8(12(16)17-3)9(14-18-10)11(15)13-7-4-5-7/h6-7H,4-5H2,1-3H3,(H,13,15). The van der Waals surface area contributed by atoms with Crippen LogP contribution in [0.1, 0.15) is 59.2 Å². The van der Waals surface area contributed by atoms with E-state index in [0.29, 0.717) is 5.76 Å². The molecule has 0 atom stereocenters. The van der Waals surface area contributed by atoms with Crippen molar-refractivity contribution in [1.82, 2.24) is 10.5 Å². The van der Waals surface area contributed by atoms with E-state index in [9.17, 15) is 9.59 Å². The van der Waals surface area contributed by atoms with Gasteiger partial charge >= 0.3 is 5.97 Å². The van der Waals surface area contributed by atoms with Gasteiger partial charge in [-0.05, 0) is 12.8 Å². The number of nitrogens with zero attached hydrogens (tertiary/aromatic N) is 1. The number of nitrogens with one attached hydrogen (secondary N) is 1. The fourth-order valence-corrected chi connectivity index (χ4v) is 1.63. The molecule has 1 saturated carbocycles. The predicted octanol–water partition coefficient (Wildman–Crippen LogP) is 1.48. The topological polar surface area (TPSA) is 81.4 Å². The van der Waals surface area contributed by atoms with Crippen molar-refractivity contribution in [3.05, 3.63) is 17.0 Å². The summed E-state index contributed by atoms with van der Waals surface area (Å²) in [4.78, 5) is 23.7. The van der Waals surface area contributed by atoms with Crippen LogP contribution >= 0.6 is 0 Å². The van der Waals surface area contributed by atoms with Gasteiger partial charge in [-0.1, -0.05) is 19.0 Å². The van der Waals surface area contributed by atoms with E-state index in [-0.39, 0.29) is 29.1 Å². The highest BCUT2D eigenvalue weighted by Gasteiger charge is 2.32. The quantitative estimate of drug-likeness (QED) is 0.821. The molecule has 1 amide bonds. The highest BCUT2D eigenvalue weighted by Crippen LogP contribution is 2.25. The third-order valence-electron chi connectivity index (χ3n) is 2.76. The number of carbonyl (C=O) groups excluding carboxylic acids is 2. The fourth-order valence-electron chi connectivity index (χ4n) is 1.63. The first-order valence-electron chi connectivity index (χ1n) is 5.93. The number of carbonyl (C=O) groups is 2. The van der Waals surface area contributed by atoms with Gasteiger partial charge in [0.15, 0.2) is 11.5 Å². The smallest absolute Gasteiger partial charge is 0.344 e. The molecule has 98 valence electrons. The number of hydrogen-bond donors (Lipinski definition) is 1. The van der Waals surface area contributed by atoms with Crippen LogP contribution in [0.2, 0.25) is 0 Å². The van der Waals surface area contributed by atoms with Crippen LogP contribution in [0, 0.1) is 0 Å². The van der Waals surface area contributed by atoms with Gasteiger partial charge in [-0.15, -0.1) is 0 Å². The Morgan fingerprint density at radius 1 is 1.44 bits per heavy atom. The van der Waals surface area contributed by atoms with Crippen LogP contribution < -0.4 is 5.32 Å². The van der Waals surface area contributed by atoms with Crippen molar-refractivity contribution >= 4 is 11.9 Å². The first-order chi connectivity index (χ1) is 8.54. The summed E-state index contributed by atoms with van der Waals surface area (Å²) in [6.45, 7) is 3.71. The summed E-state index contributed by atoms with van der Waals surface area (Å²) < 4.78 is 9.77. The number of methoxy groups -OCH3 is 1. The van der Waals surface area contributed by atoms with Gasteiger partial charge in [0, 0.05) is 12.0 Å². The molecule has 2 rings (SSSR count). The zero-order chi connectivity index (χ0) is 13.3. The number of rotatable bonds is 4. The molecule has 18 heavy (non-hydrogen) atoms. The number of ether oxygens (including phenoxy) is 1. The summed E-state index contributed by atoms with van der Waals surface area (Å²) in [7, 11) is 1.27. The minimum absolute atomic E-state index is 0.0115. The van der Waals surface area contributed by atoms with Crippen LogP contribution in [-0.4, -0.2) is 30.2 Å². The molecular formula is C12H16N2O4. The summed E-state index contributed by atoms with van der Waals surface area (Å²) in [5.74, 6) is -0.647. The van der Waals surface area contributed by atoms with Crippen LogP contribution in [0.15, 0.2) is 4.52 Å². The van der Waals surface area contributed by atoms with Gasteiger partial charge in [-0.25, -0.2) is 4.79 Å². The van der Waals surface area contributed by atoms with Crippen LogP contribution in [-0.2, 0) is 4.74 Å². The molecular weight excluding hydrogens is 236 g/mol. The molecule has 1 aliphatic carbocycles. The minimum Gasteiger partial charge on any atom is -0.465 e. The SMILES string of the molecule is COC(=O)c1c(C(=O)NC2CC2)noc1C(C)C. The van der Waals surface area contributed by atoms with Crippen LogP contribution in [0.5, 0.6) is 0 Å². The van der Waals surface area contributed by atoms with Gasteiger partial charge in [0.1, 0.15) is 5.56 Å². The van der Waals surface area contributed by atoms with Crippen molar-refractivity contribution in [1.29, 1.82) is 0 Å². The van der Waals surface area contributed by atoms with Crippen molar-refractivity contribution in [2.24, 2.45) is 0 Å². The average Bonchev–Trinajstić information content (AvgIpc) is 3.02. The molecule has 6 nitrogen and oxygen atoms in total. The van der Waals surface area contributed by atoms with Crippen molar-refractivity contribution in [3.8, 4) is 0 Å². The lowest BCUT2D eigenvalue weighted by molar-refractivity contribution is 0.0593. The third-order valence-corrected chi connectivity index (χ3v) is 2.76. The van der Waals surface area contributed by atoms with Gasteiger partial charge in [-0.2, -0.15) is 0 Å².